The van der Waals surface area contributed by atoms with Crippen LogP contribution in [0.15, 0.2) is 70.7 Å². The minimum atomic E-state index is -0.708. The van der Waals surface area contributed by atoms with E-state index in [0.29, 0.717) is 16.8 Å². The molecule has 8 nitrogen and oxygen atoms in total. The lowest BCUT2D eigenvalue weighted by atomic mass is 10.2. The first-order chi connectivity index (χ1) is 12.2. The second-order valence-corrected chi connectivity index (χ2v) is 5.17. The number of carbonyl (C=O) groups excluding carboxylic acids is 1. The van der Waals surface area contributed by atoms with Crippen LogP contribution in [0.4, 0.5) is 5.82 Å². The van der Waals surface area contributed by atoms with Gasteiger partial charge in [-0.1, -0.05) is 18.2 Å². The number of para-hydroxylation sites is 1. The van der Waals surface area contributed by atoms with Crippen molar-refractivity contribution in [2.75, 3.05) is 5.32 Å². The number of anilines is 1. The summed E-state index contributed by atoms with van der Waals surface area (Å²) < 4.78 is 6.84. The van der Waals surface area contributed by atoms with Crippen molar-refractivity contribution in [1.29, 1.82) is 0 Å². The second-order valence-electron chi connectivity index (χ2n) is 5.17. The van der Waals surface area contributed by atoms with Gasteiger partial charge in [-0.25, -0.2) is 19.7 Å². The summed E-state index contributed by atoms with van der Waals surface area (Å²) in [5, 5.41) is 3.24. The van der Waals surface area contributed by atoms with E-state index in [2.05, 4.69) is 20.3 Å². The molecule has 0 saturated heterocycles. The zero-order valence-corrected chi connectivity index (χ0v) is 12.8. The number of nitrogens with zero attached hydrogens (tertiary/aromatic N) is 4. The first kappa shape index (κ1) is 14.8. The maximum absolute atomic E-state index is 12.4. The summed E-state index contributed by atoms with van der Waals surface area (Å²) in [5.74, 6) is 0.194. The summed E-state index contributed by atoms with van der Waals surface area (Å²) in [6, 6.07) is 10.0. The van der Waals surface area contributed by atoms with Gasteiger partial charge in [0.1, 0.15) is 35.4 Å². The molecule has 3 heterocycles. The Morgan fingerprint density at radius 1 is 1.16 bits per heavy atom. The zero-order chi connectivity index (χ0) is 17.2. The van der Waals surface area contributed by atoms with Gasteiger partial charge < -0.3 is 9.73 Å². The highest BCUT2D eigenvalue weighted by Crippen LogP contribution is 2.14. The minimum absolute atomic E-state index is 0.0958. The molecule has 0 aliphatic carbocycles. The van der Waals surface area contributed by atoms with Gasteiger partial charge in [-0.2, -0.15) is 0 Å². The number of rotatable bonds is 3. The van der Waals surface area contributed by atoms with Gasteiger partial charge in [0, 0.05) is 23.8 Å². The molecule has 0 atom stereocenters. The van der Waals surface area contributed by atoms with E-state index < -0.39 is 11.5 Å². The molecule has 122 valence electrons. The molecule has 0 spiro atoms. The van der Waals surface area contributed by atoms with Crippen LogP contribution >= 0.6 is 0 Å². The van der Waals surface area contributed by atoms with Crippen molar-refractivity contribution < 1.29 is 9.21 Å². The summed E-state index contributed by atoms with van der Waals surface area (Å²) in [5.41, 5.74) is -0.380. The van der Waals surface area contributed by atoms with Crippen molar-refractivity contribution >= 4 is 22.7 Å². The SMILES string of the molecule is O=C(Nc1cc(-n2ccnc2)ncn1)c1cc2ccccc2oc1=O. The molecule has 0 aliphatic heterocycles. The molecule has 0 radical (unpaired) electrons. The first-order valence-electron chi connectivity index (χ1n) is 7.35. The van der Waals surface area contributed by atoms with Crippen LogP contribution in [0, 0.1) is 0 Å². The third kappa shape index (κ3) is 2.88. The van der Waals surface area contributed by atoms with Gasteiger partial charge in [-0.3, -0.25) is 9.36 Å². The number of nitrogens with one attached hydrogen (secondary N) is 1. The fourth-order valence-corrected chi connectivity index (χ4v) is 2.36. The van der Waals surface area contributed by atoms with Crippen LogP contribution in [0.1, 0.15) is 10.4 Å². The predicted molar refractivity (Wildman–Crippen MR) is 89.6 cm³/mol. The highest BCUT2D eigenvalue weighted by molar-refractivity contribution is 6.05. The Morgan fingerprint density at radius 3 is 2.88 bits per heavy atom. The van der Waals surface area contributed by atoms with Crippen LogP contribution in [-0.2, 0) is 0 Å². The molecule has 25 heavy (non-hydrogen) atoms. The topological polar surface area (TPSA) is 103 Å². The van der Waals surface area contributed by atoms with Crippen molar-refractivity contribution in [3.05, 3.63) is 77.4 Å². The largest absolute Gasteiger partial charge is 0.422 e. The average molecular weight is 333 g/mol. The summed E-state index contributed by atoms with van der Waals surface area (Å²) in [4.78, 5) is 36.5. The Balaban J connectivity index is 1.65. The van der Waals surface area contributed by atoms with E-state index in [-0.39, 0.29) is 11.4 Å². The van der Waals surface area contributed by atoms with Gasteiger partial charge in [-0.15, -0.1) is 0 Å². The number of hydrogen-bond donors (Lipinski definition) is 1. The highest BCUT2D eigenvalue weighted by atomic mass is 16.4. The fraction of sp³-hybridized carbons (Fsp3) is 0. The van der Waals surface area contributed by atoms with Crippen molar-refractivity contribution in [2.45, 2.75) is 0 Å². The normalized spacial score (nSPS) is 10.7. The quantitative estimate of drug-likeness (QED) is 0.575. The lowest BCUT2D eigenvalue weighted by Gasteiger charge is -2.06. The molecular formula is C17H11N5O3. The number of fused-ring (bicyclic) bond motifs is 1. The molecular weight excluding hydrogens is 322 g/mol. The number of carbonyl (C=O) groups is 1. The monoisotopic (exact) mass is 333 g/mol. The fourth-order valence-electron chi connectivity index (χ4n) is 2.36. The number of aromatic nitrogens is 4. The number of imidazole rings is 1. The van der Waals surface area contributed by atoms with Crippen LogP contribution in [0.3, 0.4) is 0 Å². The Morgan fingerprint density at radius 2 is 2.04 bits per heavy atom. The Kier molecular flexibility index (Phi) is 3.55. The van der Waals surface area contributed by atoms with Crippen molar-refractivity contribution in [3.63, 3.8) is 0 Å². The Hall–Kier alpha value is -3.81. The van der Waals surface area contributed by atoms with Gasteiger partial charge in [0.25, 0.3) is 5.91 Å². The second kappa shape index (κ2) is 6.00. The molecule has 0 unspecified atom stereocenters. The number of hydrogen-bond acceptors (Lipinski definition) is 6. The number of benzene rings is 1. The van der Waals surface area contributed by atoms with E-state index in [9.17, 15) is 9.59 Å². The van der Waals surface area contributed by atoms with Gasteiger partial charge in [0.05, 0.1) is 0 Å². The average Bonchev–Trinajstić information content (AvgIpc) is 3.16. The smallest absolute Gasteiger partial charge is 0.349 e. The Labute approximate surface area is 140 Å². The third-order valence-corrected chi connectivity index (χ3v) is 3.55. The molecule has 0 saturated carbocycles. The molecule has 1 N–H and O–H groups in total. The molecule has 0 bridgehead atoms. The molecule has 1 aromatic carbocycles. The molecule has 0 fully saturated rings. The van der Waals surface area contributed by atoms with Crippen LogP contribution in [0.2, 0.25) is 0 Å². The Bertz CT molecular complexity index is 1120. The summed E-state index contributed by atoms with van der Waals surface area (Å²) in [6.07, 6.45) is 6.21. The standard InChI is InChI=1S/C17H11N5O3/c23-16(12-7-11-3-1-2-4-13(11)25-17(12)24)21-14-8-15(20-9-19-14)22-6-5-18-10-22/h1-10H,(H,19,20,21,23). The molecule has 4 aromatic rings. The van der Waals surface area contributed by atoms with E-state index in [1.54, 1.807) is 53.6 Å². The molecule has 8 heteroatoms. The van der Waals surface area contributed by atoms with Crippen LogP contribution < -0.4 is 10.9 Å². The van der Waals surface area contributed by atoms with E-state index in [1.807, 2.05) is 0 Å². The summed E-state index contributed by atoms with van der Waals surface area (Å²) in [6.45, 7) is 0. The number of amides is 1. The van der Waals surface area contributed by atoms with E-state index >= 15 is 0 Å². The van der Waals surface area contributed by atoms with Gasteiger partial charge >= 0.3 is 5.63 Å². The van der Waals surface area contributed by atoms with E-state index in [4.69, 9.17) is 4.42 Å². The highest BCUT2D eigenvalue weighted by Gasteiger charge is 2.15. The molecule has 4 rings (SSSR count). The minimum Gasteiger partial charge on any atom is -0.422 e. The van der Waals surface area contributed by atoms with Gasteiger partial charge in [0.15, 0.2) is 0 Å². The van der Waals surface area contributed by atoms with Crippen molar-refractivity contribution in [2.24, 2.45) is 0 Å². The van der Waals surface area contributed by atoms with Crippen molar-refractivity contribution in [3.8, 4) is 5.82 Å². The maximum atomic E-state index is 12.4. The molecule has 0 aliphatic rings. The summed E-state index contributed by atoms with van der Waals surface area (Å²) in [7, 11) is 0. The van der Waals surface area contributed by atoms with Crippen LogP contribution in [-0.4, -0.2) is 25.4 Å². The maximum Gasteiger partial charge on any atom is 0.349 e. The first-order valence-corrected chi connectivity index (χ1v) is 7.35. The van der Waals surface area contributed by atoms with E-state index in [1.165, 1.54) is 12.4 Å². The van der Waals surface area contributed by atoms with Gasteiger partial charge in [-0.05, 0) is 12.1 Å². The molecule has 3 aromatic heterocycles. The van der Waals surface area contributed by atoms with Crippen LogP contribution in [0.25, 0.3) is 16.8 Å². The van der Waals surface area contributed by atoms with Gasteiger partial charge in [0.2, 0.25) is 0 Å². The lowest BCUT2D eigenvalue weighted by molar-refractivity contribution is 0.102. The van der Waals surface area contributed by atoms with E-state index in [0.717, 1.165) is 0 Å². The third-order valence-electron chi connectivity index (χ3n) is 3.55. The van der Waals surface area contributed by atoms with Crippen LogP contribution in [0.5, 0.6) is 0 Å². The molecule has 1 amide bonds. The summed E-state index contributed by atoms with van der Waals surface area (Å²) >= 11 is 0. The predicted octanol–water partition coefficient (Wildman–Crippen LogP) is 2.02. The van der Waals surface area contributed by atoms with Crippen molar-refractivity contribution in [1.82, 2.24) is 19.5 Å². The lowest BCUT2D eigenvalue weighted by Crippen LogP contribution is -2.21. The zero-order valence-electron chi connectivity index (χ0n) is 12.8.